The normalized spacial score (nSPS) is 13.3. The van der Waals surface area contributed by atoms with Crippen molar-refractivity contribution in [2.45, 2.75) is 31.5 Å². The van der Waals surface area contributed by atoms with E-state index in [0.717, 1.165) is 0 Å². The van der Waals surface area contributed by atoms with Crippen LogP contribution >= 0.6 is 11.6 Å². The van der Waals surface area contributed by atoms with E-state index in [1.807, 2.05) is 0 Å². The number of halogens is 4. The molecule has 1 unspecified atom stereocenters. The Labute approximate surface area is 115 Å². The number of hydrogen-bond donors (Lipinski definition) is 1. The summed E-state index contributed by atoms with van der Waals surface area (Å²) >= 11 is 5.81. The van der Waals surface area contributed by atoms with Crippen molar-refractivity contribution in [2.24, 2.45) is 0 Å². The van der Waals surface area contributed by atoms with Crippen LogP contribution < -0.4 is 10.1 Å². The fourth-order valence-electron chi connectivity index (χ4n) is 1.61. The Kier molecular flexibility index (Phi) is 6.45. The standard InChI is InChI=1S/C13H17ClF3NO/c1-18-11(5-3-7-13(15,16)17)9-19-12-6-2-4-10(14)8-12/h2,4,6,8,11,18H,3,5,7,9H2,1H3. The molecule has 1 atom stereocenters. The molecule has 0 heterocycles. The first-order chi connectivity index (χ1) is 8.90. The van der Waals surface area contributed by atoms with Gasteiger partial charge in [0.15, 0.2) is 0 Å². The largest absolute Gasteiger partial charge is 0.492 e. The predicted octanol–water partition coefficient (Wildman–Crippen LogP) is 4.04. The molecular weight excluding hydrogens is 279 g/mol. The summed E-state index contributed by atoms with van der Waals surface area (Å²) in [6.45, 7) is 0.314. The molecule has 1 aromatic rings. The summed E-state index contributed by atoms with van der Waals surface area (Å²) in [5, 5.41) is 3.51. The van der Waals surface area contributed by atoms with Crippen LogP contribution in [0.2, 0.25) is 5.02 Å². The van der Waals surface area contributed by atoms with Gasteiger partial charge in [0, 0.05) is 17.5 Å². The molecule has 0 bridgehead atoms. The van der Waals surface area contributed by atoms with Crippen LogP contribution in [-0.4, -0.2) is 25.9 Å². The average Bonchev–Trinajstić information content (AvgIpc) is 2.32. The van der Waals surface area contributed by atoms with Crippen molar-refractivity contribution in [3.63, 3.8) is 0 Å². The van der Waals surface area contributed by atoms with Crippen LogP contribution in [0.15, 0.2) is 24.3 Å². The van der Waals surface area contributed by atoms with Gasteiger partial charge in [-0.25, -0.2) is 0 Å². The maximum Gasteiger partial charge on any atom is 0.389 e. The SMILES string of the molecule is CNC(CCCC(F)(F)F)COc1cccc(Cl)c1. The van der Waals surface area contributed by atoms with Crippen molar-refractivity contribution in [2.75, 3.05) is 13.7 Å². The molecule has 0 aliphatic heterocycles. The molecule has 0 saturated heterocycles. The molecule has 19 heavy (non-hydrogen) atoms. The minimum atomic E-state index is -4.09. The molecule has 2 nitrogen and oxygen atoms in total. The number of nitrogens with one attached hydrogen (secondary N) is 1. The smallest absolute Gasteiger partial charge is 0.389 e. The highest BCUT2D eigenvalue weighted by Crippen LogP contribution is 2.23. The summed E-state index contributed by atoms with van der Waals surface area (Å²) in [7, 11) is 1.71. The predicted molar refractivity (Wildman–Crippen MR) is 69.7 cm³/mol. The lowest BCUT2D eigenvalue weighted by Crippen LogP contribution is -2.32. The highest BCUT2D eigenvalue weighted by atomic mass is 35.5. The Hall–Kier alpha value is -0.940. The second kappa shape index (κ2) is 7.60. The summed E-state index contributed by atoms with van der Waals surface area (Å²) in [5.41, 5.74) is 0. The first-order valence-corrected chi connectivity index (χ1v) is 6.41. The molecule has 0 aliphatic rings. The van der Waals surface area contributed by atoms with Crippen molar-refractivity contribution >= 4 is 11.6 Å². The second-order valence-electron chi connectivity index (χ2n) is 4.26. The third-order valence-electron chi connectivity index (χ3n) is 2.67. The van der Waals surface area contributed by atoms with Crippen LogP contribution in [0.5, 0.6) is 5.75 Å². The maximum absolute atomic E-state index is 12.0. The van der Waals surface area contributed by atoms with Crippen LogP contribution in [0.1, 0.15) is 19.3 Å². The fraction of sp³-hybridized carbons (Fsp3) is 0.538. The first kappa shape index (κ1) is 16.1. The second-order valence-corrected chi connectivity index (χ2v) is 4.70. The van der Waals surface area contributed by atoms with E-state index >= 15 is 0 Å². The maximum atomic E-state index is 12.0. The quantitative estimate of drug-likeness (QED) is 0.820. The van der Waals surface area contributed by atoms with E-state index in [1.54, 1.807) is 31.3 Å². The van der Waals surface area contributed by atoms with Crippen molar-refractivity contribution in [1.29, 1.82) is 0 Å². The van der Waals surface area contributed by atoms with Gasteiger partial charge >= 0.3 is 6.18 Å². The number of hydrogen-bond acceptors (Lipinski definition) is 2. The number of benzene rings is 1. The van der Waals surface area contributed by atoms with E-state index in [-0.39, 0.29) is 12.5 Å². The van der Waals surface area contributed by atoms with Gasteiger partial charge in [-0.2, -0.15) is 13.2 Å². The van der Waals surface area contributed by atoms with Crippen LogP contribution in [0, 0.1) is 0 Å². The molecule has 0 aliphatic carbocycles. The summed E-state index contributed by atoms with van der Waals surface area (Å²) in [6.07, 6.45) is -4.35. The van der Waals surface area contributed by atoms with E-state index in [4.69, 9.17) is 16.3 Å². The lowest BCUT2D eigenvalue weighted by Gasteiger charge is -2.17. The number of ether oxygens (including phenoxy) is 1. The monoisotopic (exact) mass is 295 g/mol. The van der Waals surface area contributed by atoms with Gasteiger partial charge in [-0.15, -0.1) is 0 Å². The summed E-state index contributed by atoms with van der Waals surface area (Å²) in [4.78, 5) is 0. The minimum Gasteiger partial charge on any atom is -0.492 e. The zero-order valence-electron chi connectivity index (χ0n) is 10.6. The molecule has 0 spiro atoms. The molecule has 108 valence electrons. The molecule has 1 aromatic carbocycles. The molecular formula is C13H17ClF3NO. The summed E-state index contributed by atoms with van der Waals surface area (Å²) < 4.78 is 41.6. The van der Waals surface area contributed by atoms with Gasteiger partial charge in [0.2, 0.25) is 0 Å². The van der Waals surface area contributed by atoms with E-state index in [1.165, 1.54) is 0 Å². The van der Waals surface area contributed by atoms with Crippen LogP contribution in [-0.2, 0) is 0 Å². The summed E-state index contributed by atoms with van der Waals surface area (Å²) in [5.74, 6) is 0.614. The van der Waals surface area contributed by atoms with E-state index in [0.29, 0.717) is 23.8 Å². The molecule has 0 radical (unpaired) electrons. The highest BCUT2D eigenvalue weighted by molar-refractivity contribution is 6.30. The molecule has 0 amide bonds. The van der Waals surface area contributed by atoms with E-state index < -0.39 is 12.6 Å². The van der Waals surface area contributed by atoms with Crippen molar-refractivity contribution in [3.8, 4) is 5.75 Å². The molecule has 0 saturated carbocycles. The van der Waals surface area contributed by atoms with E-state index in [9.17, 15) is 13.2 Å². The Balaban J connectivity index is 2.32. The number of rotatable bonds is 7. The molecule has 0 aromatic heterocycles. The zero-order valence-corrected chi connectivity index (χ0v) is 11.4. The number of alkyl halides is 3. The third kappa shape index (κ3) is 7.28. The topological polar surface area (TPSA) is 21.3 Å². The third-order valence-corrected chi connectivity index (χ3v) is 2.90. The van der Waals surface area contributed by atoms with Gasteiger partial charge in [-0.1, -0.05) is 17.7 Å². The molecule has 0 fully saturated rings. The van der Waals surface area contributed by atoms with Crippen LogP contribution in [0.25, 0.3) is 0 Å². The molecule has 1 rings (SSSR count). The van der Waals surface area contributed by atoms with Crippen LogP contribution in [0.4, 0.5) is 13.2 Å². The van der Waals surface area contributed by atoms with Gasteiger partial charge in [0.1, 0.15) is 12.4 Å². The first-order valence-electron chi connectivity index (χ1n) is 6.03. The van der Waals surface area contributed by atoms with Gasteiger partial charge in [-0.3, -0.25) is 0 Å². The number of likely N-dealkylation sites (N-methyl/N-ethyl adjacent to an activating group) is 1. The van der Waals surface area contributed by atoms with Gasteiger partial charge in [-0.05, 0) is 38.1 Å². The Morgan fingerprint density at radius 1 is 1.37 bits per heavy atom. The van der Waals surface area contributed by atoms with Gasteiger partial charge < -0.3 is 10.1 Å². The Morgan fingerprint density at radius 3 is 2.68 bits per heavy atom. The Morgan fingerprint density at radius 2 is 2.11 bits per heavy atom. The van der Waals surface area contributed by atoms with Crippen molar-refractivity contribution in [3.05, 3.63) is 29.3 Å². The zero-order chi connectivity index (χ0) is 14.3. The molecule has 1 N–H and O–H groups in total. The van der Waals surface area contributed by atoms with Crippen molar-refractivity contribution < 1.29 is 17.9 Å². The van der Waals surface area contributed by atoms with Crippen molar-refractivity contribution in [1.82, 2.24) is 5.32 Å². The lowest BCUT2D eigenvalue weighted by molar-refractivity contribution is -0.135. The van der Waals surface area contributed by atoms with Crippen LogP contribution in [0.3, 0.4) is 0 Å². The van der Waals surface area contributed by atoms with Gasteiger partial charge in [0.25, 0.3) is 0 Å². The minimum absolute atomic E-state index is 0.0912. The fourth-order valence-corrected chi connectivity index (χ4v) is 1.79. The van der Waals surface area contributed by atoms with Gasteiger partial charge in [0.05, 0.1) is 0 Å². The summed E-state index contributed by atoms with van der Waals surface area (Å²) in [6, 6.07) is 6.81. The lowest BCUT2D eigenvalue weighted by atomic mass is 10.1. The highest BCUT2D eigenvalue weighted by Gasteiger charge is 2.26. The average molecular weight is 296 g/mol. The Bertz CT molecular complexity index is 384. The molecule has 6 heteroatoms. The van der Waals surface area contributed by atoms with E-state index in [2.05, 4.69) is 5.32 Å².